The average molecular weight is 326 g/mol. The number of allylic oxidation sites excluding steroid dienone is 1. The van der Waals surface area contributed by atoms with E-state index in [9.17, 15) is 18.0 Å². The van der Waals surface area contributed by atoms with E-state index in [1.54, 1.807) is 31.2 Å². The maximum absolute atomic E-state index is 12.0. The normalized spacial score (nSPS) is 11.6. The Morgan fingerprint density at radius 1 is 1.23 bits per heavy atom. The van der Waals surface area contributed by atoms with E-state index in [2.05, 4.69) is 10.1 Å². The minimum Gasteiger partial charge on any atom is -0.465 e. The second-order valence-electron chi connectivity index (χ2n) is 4.26. The van der Waals surface area contributed by atoms with Gasteiger partial charge in [-0.15, -0.1) is 0 Å². The first kappa shape index (κ1) is 17.7. The van der Waals surface area contributed by atoms with Gasteiger partial charge in [-0.3, -0.25) is 4.79 Å². The molecule has 0 heterocycles. The van der Waals surface area contributed by atoms with E-state index in [1.165, 1.54) is 13.0 Å². The molecule has 1 rings (SSSR count). The van der Waals surface area contributed by atoms with Crippen molar-refractivity contribution in [1.29, 1.82) is 0 Å². The minimum absolute atomic E-state index is 0.0232. The summed E-state index contributed by atoms with van der Waals surface area (Å²) in [6.07, 6.45) is 1.43. The Hall–Kier alpha value is -2.35. The lowest BCUT2D eigenvalue weighted by atomic mass is 10.2. The summed E-state index contributed by atoms with van der Waals surface area (Å²) >= 11 is 0. The van der Waals surface area contributed by atoms with Crippen LogP contribution in [-0.2, 0) is 19.6 Å². The highest BCUT2D eigenvalue weighted by molar-refractivity contribution is 7.94. The van der Waals surface area contributed by atoms with Crippen LogP contribution >= 0.6 is 0 Å². The van der Waals surface area contributed by atoms with Crippen molar-refractivity contribution in [3.63, 3.8) is 0 Å². The van der Waals surface area contributed by atoms with Crippen LogP contribution in [0.25, 0.3) is 6.08 Å². The van der Waals surface area contributed by atoms with Gasteiger partial charge in [0.15, 0.2) is 0 Å². The molecule has 1 aromatic rings. The van der Waals surface area contributed by atoms with Gasteiger partial charge in [-0.2, -0.15) is 0 Å². The third kappa shape index (κ3) is 5.96. The molecule has 2 amide bonds. The Morgan fingerprint density at radius 2 is 1.86 bits per heavy atom. The molecular weight excluding hydrogens is 308 g/mol. The summed E-state index contributed by atoms with van der Waals surface area (Å²) in [4.78, 5) is 22.5. The number of esters is 1. The number of amides is 2. The zero-order valence-corrected chi connectivity index (χ0v) is 13.1. The van der Waals surface area contributed by atoms with E-state index in [0.29, 0.717) is 5.56 Å². The molecule has 0 spiro atoms. The maximum atomic E-state index is 12.0. The van der Waals surface area contributed by atoms with Crippen LogP contribution in [0.3, 0.4) is 0 Å². The van der Waals surface area contributed by atoms with Crippen molar-refractivity contribution in [1.82, 2.24) is 10.0 Å². The van der Waals surface area contributed by atoms with Gasteiger partial charge in [0.1, 0.15) is 6.54 Å². The number of urea groups is 1. The number of hydrogen-bond donors (Lipinski definition) is 2. The molecule has 22 heavy (non-hydrogen) atoms. The van der Waals surface area contributed by atoms with Crippen LogP contribution in [0.4, 0.5) is 4.79 Å². The molecular formula is C14H18N2O5S. The second-order valence-corrected chi connectivity index (χ2v) is 6.11. The highest BCUT2D eigenvalue weighted by atomic mass is 32.2. The highest BCUT2D eigenvalue weighted by Gasteiger charge is 2.17. The van der Waals surface area contributed by atoms with Crippen molar-refractivity contribution in [3.8, 4) is 0 Å². The lowest BCUT2D eigenvalue weighted by Gasteiger charge is -2.08. The standard InChI is InChI=1S/C14H18N2O5S/c1-3-21-13(17)10-15-14(18)16-22(19,20)11(2)9-12-7-5-4-6-8-12/h4-9H,3,10H2,1-2H3,(H2,15,16,18)/b11-9+. The van der Waals surface area contributed by atoms with Crippen LogP contribution < -0.4 is 10.0 Å². The van der Waals surface area contributed by atoms with Gasteiger partial charge in [-0.1, -0.05) is 30.3 Å². The summed E-state index contributed by atoms with van der Waals surface area (Å²) in [5, 5.41) is 2.11. The zero-order valence-electron chi connectivity index (χ0n) is 12.3. The molecule has 0 unspecified atom stereocenters. The number of hydrogen-bond acceptors (Lipinski definition) is 5. The molecule has 0 atom stereocenters. The van der Waals surface area contributed by atoms with Gasteiger partial charge in [0.05, 0.1) is 11.5 Å². The molecule has 0 radical (unpaired) electrons. The monoisotopic (exact) mass is 326 g/mol. The third-order valence-electron chi connectivity index (χ3n) is 2.52. The summed E-state index contributed by atoms with van der Waals surface area (Å²) in [5.74, 6) is -0.647. The van der Waals surface area contributed by atoms with Crippen LogP contribution in [0.1, 0.15) is 19.4 Å². The van der Waals surface area contributed by atoms with Crippen molar-refractivity contribution in [2.75, 3.05) is 13.2 Å². The Bertz CT molecular complexity index is 653. The largest absolute Gasteiger partial charge is 0.465 e. The van der Waals surface area contributed by atoms with Gasteiger partial charge in [0.2, 0.25) is 0 Å². The molecule has 0 aliphatic heterocycles. The van der Waals surface area contributed by atoms with Gasteiger partial charge >= 0.3 is 12.0 Å². The Kier molecular flexibility index (Phi) is 6.58. The van der Waals surface area contributed by atoms with Crippen molar-refractivity contribution >= 4 is 28.1 Å². The Labute approximate surface area is 129 Å². The summed E-state index contributed by atoms with van der Waals surface area (Å²) in [6.45, 7) is 2.77. The maximum Gasteiger partial charge on any atom is 0.329 e. The predicted octanol–water partition coefficient (Wildman–Crippen LogP) is 1.24. The SMILES string of the molecule is CCOC(=O)CNC(=O)NS(=O)(=O)/C(C)=C/c1ccccc1. The number of carbonyl (C=O) groups is 2. The first-order valence-corrected chi connectivity index (χ1v) is 8.03. The van der Waals surface area contributed by atoms with Crippen LogP contribution in [0.2, 0.25) is 0 Å². The Balaban J connectivity index is 2.65. The van der Waals surface area contributed by atoms with E-state index in [1.807, 2.05) is 10.8 Å². The van der Waals surface area contributed by atoms with E-state index in [-0.39, 0.29) is 11.5 Å². The summed E-state index contributed by atoms with van der Waals surface area (Å²) in [6, 6.07) is 7.83. The van der Waals surface area contributed by atoms with Gasteiger partial charge in [-0.25, -0.2) is 17.9 Å². The minimum atomic E-state index is -3.97. The quantitative estimate of drug-likeness (QED) is 0.766. The molecule has 0 aliphatic carbocycles. The third-order valence-corrected chi connectivity index (χ3v) is 3.94. The molecule has 8 heteroatoms. The molecule has 0 saturated carbocycles. The number of ether oxygens (including phenoxy) is 1. The van der Waals surface area contributed by atoms with Gasteiger partial charge < -0.3 is 10.1 Å². The van der Waals surface area contributed by atoms with Crippen LogP contribution in [0, 0.1) is 0 Å². The van der Waals surface area contributed by atoms with Crippen LogP contribution in [0.15, 0.2) is 35.2 Å². The summed E-state index contributed by atoms with van der Waals surface area (Å²) < 4.78 is 30.3. The lowest BCUT2D eigenvalue weighted by Crippen LogP contribution is -2.42. The number of sulfonamides is 1. The summed E-state index contributed by atoms with van der Waals surface area (Å²) in [5.41, 5.74) is 0.692. The molecule has 0 bridgehead atoms. The smallest absolute Gasteiger partial charge is 0.329 e. The molecule has 1 aromatic carbocycles. The van der Waals surface area contributed by atoms with E-state index < -0.39 is 28.6 Å². The van der Waals surface area contributed by atoms with E-state index in [4.69, 9.17) is 0 Å². The van der Waals surface area contributed by atoms with Crippen LogP contribution in [0.5, 0.6) is 0 Å². The molecule has 2 N–H and O–H groups in total. The predicted molar refractivity (Wildman–Crippen MR) is 82.2 cm³/mol. The van der Waals surface area contributed by atoms with E-state index >= 15 is 0 Å². The van der Waals surface area contributed by atoms with Crippen molar-refractivity contribution < 1.29 is 22.7 Å². The fourth-order valence-electron chi connectivity index (χ4n) is 1.46. The van der Waals surface area contributed by atoms with Crippen LogP contribution in [-0.4, -0.2) is 33.6 Å². The second kappa shape index (κ2) is 8.18. The number of carbonyl (C=O) groups excluding carboxylic acids is 2. The molecule has 7 nitrogen and oxygen atoms in total. The fourth-order valence-corrected chi connectivity index (χ4v) is 2.23. The highest BCUT2D eigenvalue weighted by Crippen LogP contribution is 2.10. The average Bonchev–Trinajstić information content (AvgIpc) is 2.46. The van der Waals surface area contributed by atoms with Gasteiger partial charge in [-0.05, 0) is 25.5 Å². The van der Waals surface area contributed by atoms with Gasteiger partial charge in [0, 0.05) is 0 Å². The molecule has 0 saturated heterocycles. The number of rotatable bonds is 6. The Morgan fingerprint density at radius 3 is 2.45 bits per heavy atom. The first-order valence-electron chi connectivity index (χ1n) is 6.54. The molecule has 0 aliphatic rings. The number of nitrogens with one attached hydrogen (secondary N) is 2. The van der Waals surface area contributed by atoms with E-state index in [0.717, 1.165) is 0 Å². The lowest BCUT2D eigenvalue weighted by molar-refractivity contribution is -0.141. The zero-order chi connectivity index (χ0) is 16.6. The van der Waals surface area contributed by atoms with Gasteiger partial charge in [0.25, 0.3) is 10.0 Å². The van der Waals surface area contributed by atoms with Crippen molar-refractivity contribution in [2.24, 2.45) is 0 Å². The molecule has 120 valence electrons. The number of benzene rings is 1. The topological polar surface area (TPSA) is 102 Å². The first-order chi connectivity index (χ1) is 10.3. The van der Waals surface area contributed by atoms with Crippen molar-refractivity contribution in [2.45, 2.75) is 13.8 Å². The summed E-state index contributed by atoms with van der Waals surface area (Å²) in [7, 11) is -3.97. The molecule has 0 fully saturated rings. The molecule has 0 aromatic heterocycles. The fraction of sp³-hybridized carbons (Fsp3) is 0.286. The van der Waals surface area contributed by atoms with Crippen molar-refractivity contribution in [3.05, 3.63) is 40.8 Å².